The van der Waals surface area contributed by atoms with Crippen LogP contribution in [0.2, 0.25) is 0 Å². The molecule has 0 saturated carbocycles. The van der Waals surface area contributed by atoms with E-state index in [1.807, 2.05) is 11.6 Å². The molecule has 0 aliphatic carbocycles. The lowest BCUT2D eigenvalue weighted by atomic mass is 10.2. The Bertz CT molecular complexity index is 478. The number of nitrogens with zero attached hydrogens (tertiary/aromatic N) is 5. The first-order valence-electron chi connectivity index (χ1n) is 6.14. The van der Waals surface area contributed by atoms with Gasteiger partial charge in [-0.2, -0.15) is 0 Å². The molecule has 0 aromatic carbocycles. The molecule has 2 heterocycles. The molecule has 0 unspecified atom stereocenters. The summed E-state index contributed by atoms with van der Waals surface area (Å²) in [6.45, 7) is 5.90. The summed E-state index contributed by atoms with van der Waals surface area (Å²) in [7, 11) is 0. The quantitative estimate of drug-likeness (QED) is 0.772. The number of aromatic nitrogens is 5. The van der Waals surface area contributed by atoms with Crippen molar-refractivity contribution in [1.82, 2.24) is 25.0 Å². The molecule has 0 aliphatic rings. The zero-order chi connectivity index (χ0) is 12.1. The van der Waals surface area contributed by atoms with Gasteiger partial charge in [-0.1, -0.05) is 25.0 Å². The van der Waals surface area contributed by atoms with Crippen LogP contribution in [-0.4, -0.2) is 31.5 Å². The van der Waals surface area contributed by atoms with E-state index in [1.165, 1.54) is 12.8 Å². The van der Waals surface area contributed by atoms with Crippen LogP contribution in [-0.2, 0) is 6.54 Å². The topological polar surface area (TPSA) is 68.5 Å². The van der Waals surface area contributed by atoms with Crippen molar-refractivity contribution in [2.45, 2.75) is 39.7 Å². The molecular weight excluding hydrogens is 216 g/mol. The predicted molar refractivity (Wildman–Crippen MR) is 66.8 cm³/mol. The third-order valence-electron chi connectivity index (χ3n) is 2.62. The fraction of sp³-hybridized carbons (Fsp3) is 0.636. The van der Waals surface area contributed by atoms with E-state index in [1.54, 1.807) is 6.33 Å². The van der Waals surface area contributed by atoms with E-state index in [0.717, 1.165) is 36.5 Å². The van der Waals surface area contributed by atoms with Crippen molar-refractivity contribution in [2.24, 2.45) is 0 Å². The number of unbranched alkanes of at least 4 members (excludes halogenated alkanes) is 2. The smallest absolute Gasteiger partial charge is 0.183 e. The minimum atomic E-state index is 0.755. The molecule has 6 heteroatoms. The van der Waals surface area contributed by atoms with Gasteiger partial charge in [0.05, 0.1) is 0 Å². The van der Waals surface area contributed by atoms with Crippen molar-refractivity contribution < 1.29 is 0 Å². The summed E-state index contributed by atoms with van der Waals surface area (Å²) in [5, 5.41) is 11.4. The minimum absolute atomic E-state index is 0.755. The van der Waals surface area contributed by atoms with Crippen molar-refractivity contribution >= 4 is 17.0 Å². The van der Waals surface area contributed by atoms with Crippen LogP contribution in [0.15, 0.2) is 6.33 Å². The summed E-state index contributed by atoms with van der Waals surface area (Å²) < 4.78 is 1.85. The van der Waals surface area contributed by atoms with E-state index in [-0.39, 0.29) is 0 Å². The number of rotatable bonds is 6. The van der Waals surface area contributed by atoms with Crippen LogP contribution >= 0.6 is 0 Å². The lowest BCUT2D eigenvalue weighted by Crippen LogP contribution is -2.03. The standard InChI is InChI=1S/C11H18N6/c1-3-5-6-7-17-11-9(15-16-17)10(12-4-2)13-8-14-11/h8H,3-7H2,1-2H3,(H,12,13,14). The van der Waals surface area contributed by atoms with Crippen LogP contribution in [0.4, 0.5) is 5.82 Å². The van der Waals surface area contributed by atoms with E-state index in [0.29, 0.717) is 0 Å². The van der Waals surface area contributed by atoms with Gasteiger partial charge in [0.15, 0.2) is 17.0 Å². The summed E-state index contributed by atoms with van der Waals surface area (Å²) >= 11 is 0. The molecule has 0 fully saturated rings. The molecule has 17 heavy (non-hydrogen) atoms. The third-order valence-corrected chi connectivity index (χ3v) is 2.62. The highest BCUT2D eigenvalue weighted by atomic mass is 15.4. The number of hydrogen-bond donors (Lipinski definition) is 1. The van der Waals surface area contributed by atoms with Gasteiger partial charge < -0.3 is 5.32 Å². The van der Waals surface area contributed by atoms with Gasteiger partial charge >= 0.3 is 0 Å². The predicted octanol–water partition coefficient (Wildman–Crippen LogP) is 1.84. The Hall–Kier alpha value is -1.72. The molecule has 0 saturated heterocycles. The molecule has 2 rings (SSSR count). The Balaban J connectivity index is 2.24. The van der Waals surface area contributed by atoms with Gasteiger partial charge in [-0.15, -0.1) is 5.10 Å². The van der Waals surface area contributed by atoms with Gasteiger partial charge in [0.2, 0.25) is 0 Å². The van der Waals surface area contributed by atoms with Crippen LogP contribution in [0.1, 0.15) is 33.1 Å². The third kappa shape index (κ3) is 2.51. The van der Waals surface area contributed by atoms with Crippen molar-refractivity contribution in [3.63, 3.8) is 0 Å². The zero-order valence-corrected chi connectivity index (χ0v) is 10.3. The summed E-state index contributed by atoms with van der Waals surface area (Å²) in [4.78, 5) is 8.42. The van der Waals surface area contributed by atoms with E-state index in [4.69, 9.17) is 0 Å². The number of hydrogen-bond acceptors (Lipinski definition) is 5. The largest absolute Gasteiger partial charge is 0.368 e. The number of fused-ring (bicyclic) bond motifs is 1. The van der Waals surface area contributed by atoms with E-state index >= 15 is 0 Å². The Kier molecular flexibility index (Phi) is 3.85. The second-order valence-corrected chi connectivity index (χ2v) is 3.94. The molecule has 6 nitrogen and oxygen atoms in total. The Morgan fingerprint density at radius 1 is 1.24 bits per heavy atom. The van der Waals surface area contributed by atoms with Crippen molar-refractivity contribution in [2.75, 3.05) is 11.9 Å². The second-order valence-electron chi connectivity index (χ2n) is 3.94. The van der Waals surface area contributed by atoms with Crippen molar-refractivity contribution in [1.29, 1.82) is 0 Å². The average molecular weight is 234 g/mol. The van der Waals surface area contributed by atoms with Gasteiger partial charge in [-0.3, -0.25) is 0 Å². The molecule has 0 amide bonds. The fourth-order valence-electron chi connectivity index (χ4n) is 1.75. The summed E-state index contributed by atoms with van der Waals surface area (Å²) in [6.07, 6.45) is 5.06. The van der Waals surface area contributed by atoms with Crippen LogP contribution in [0.25, 0.3) is 11.2 Å². The van der Waals surface area contributed by atoms with Crippen molar-refractivity contribution in [3.8, 4) is 0 Å². The fourth-order valence-corrected chi connectivity index (χ4v) is 1.75. The Labute approximate surface area is 100 Å². The molecule has 2 aromatic rings. The maximum atomic E-state index is 4.25. The van der Waals surface area contributed by atoms with Crippen LogP contribution < -0.4 is 5.32 Å². The molecule has 1 N–H and O–H groups in total. The maximum absolute atomic E-state index is 4.25. The lowest BCUT2D eigenvalue weighted by molar-refractivity contribution is 0.547. The molecule has 92 valence electrons. The SMILES string of the molecule is CCCCCn1nnc2c(NCC)ncnc21. The lowest BCUT2D eigenvalue weighted by Gasteiger charge is -2.02. The normalized spacial score (nSPS) is 10.9. The van der Waals surface area contributed by atoms with E-state index in [2.05, 4.69) is 32.5 Å². The highest BCUT2D eigenvalue weighted by Crippen LogP contribution is 2.15. The average Bonchev–Trinajstić information content (AvgIpc) is 2.75. The molecule has 0 atom stereocenters. The zero-order valence-electron chi connectivity index (χ0n) is 10.3. The Morgan fingerprint density at radius 3 is 2.88 bits per heavy atom. The second kappa shape index (κ2) is 5.56. The summed E-state index contributed by atoms with van der Waals surface area (Å²) in [5.41, 5.74) is 1.57. The van der Waals surface area contributed by atoms with Crippen molar-refractivity contribution in [3.05, 3.63) is 6.33 Å². The van der Waals surface area contributed by atoms with Crippen LogP contribution in [0.3, 0.4) is 0 Å². The van der Waals surface area contributed by atoms with E-state index < -0.39 is 0 Å². The van der Waals surface area contributed by atoms with Crippen LogP contribution in [0.5, 0.6) is 0 Å². The maximum Gasteiger partial charge on any atom is 0.183 e. The highest BCUT2D eigenvalue weighted by molar-refractivity contribution is 5.81. The minimum Gasteiger partial charge on any atom is -0.368 e. The highest BCUT2D eigenvalue weighted by Gasteiger charge is 2.10. The molecule has 0 bridgehead atoms. The summed E-state index contributed by atoms with van der Waals surface area (Å²) in [6, 6.07) is 0. The van der Waals surface area contributed by atoms with Gasteiger partial charge in [-0.25, -0.2) is 14.6 Å². The first-order chi connectivity index (χ1) is 8.36. The monoisotopic (exact) mass is 234 g/mol. The molecular formula is C11H18N6. The Morgan fingerprint density at radius 2 is 2.12 bits per heavy atom. The van der Waals surface area contributed by atoms with E-state index in [9.17, 15) is 0 Å². The van der Waals surface area contributed by atoms with Gasteiger partial charge in [-0.05, 0) is 13.3 Å². The number of anilines is 1. The first-order valence-corrected chi connectivity index (χ1v) is 6.14. The molecule has 0 aliphatic heterocycles. The van der Waals surface area contributed by atoms with Gasteiger partial charge in [0, 0.05) is 13.1 Å². The summed E-state index contributed by atoms with van der Waals surface area (Å²) in [5.74, 6) is 0.763. The van der Waals surface area contributed by atoms with Crippen LogP contribution in [0, 0.1) is 0 Å². The number of aryl methyl sites for hydroxylation is 1. The molecule has 0 radical (unpaired) electrons. The molecule has 0 spiro atoms. The number of nitrogens with one attached hydrogen (secondary N) is 1. The first kappa shape index (κ1) is 11.8. The van der Waals surface area contributed by atoms with Gasteiger partial charge in [0.25, 0.3) is 0 Å². The molecule has 2 aromatic heterocycles. The van der Waals surface area contributed by atoms with Gasteiger partial charge in [0.1, 0.15) is 6.33 Å².